The zero-order valence-corrected chi connectivity index (χ0v) is 18.5. The van der Waals surface area contributed by atoms with Gasteiger partial charge in [0.05, 0.1) is 17.9 Å². The molecule has 0 radical (unpaired) electrons. The molecule has 1 aliphatic rings. The number of carbonyl (C=O) groups excluding carboxylic acids is 2. The molecular formula is C20H30N2O6S. The van der Waals surface area contributed by atoms with Gasteiger partial charge in [-0.15, -0.1) is 0 Å². The molecule has 0 aromatic heterocycles. The quantitative estimate of drug-likeness (QED) is 0.645. The first-order chi connectivity index (χ1) is 13.4. The first-order valence-corrected chi connectivity index (χ1v) is 11.0. The third-order valence-electron chi connectivity index (χ3n) is 4.59. The van der Waals surface area contributed by atoms with Crippen molar-refractivity contribution in [3.63, 3.8) is 0 Å². The molecular weight excluding hydrogens is 396 g/mol. The van der Waals surface area contributed by atoms with Gasteiger partial charge in [-0.2, -0.15) is 4.31 Å². The minimum Gasteiger partial charge on any atom is -0.497 e. The third kappa shape index (κ3) is 6.17. The van der Waals surface area contributed by atoms with Gasteiger partial charge in [-0.3, -0.25) is 9.59 Å². The van der Waals surface area contributed by atoms with E-state index in [1.165, 1.54) is 35.5 Å². The van der Waals surface area contributed by atoms with Crippen LogP contribution >= 0.6 is 0 Å². The molecule has 9 heteroatoms. The van der Waals surface area contributed by atoms with Crippen molar-refractivity contribution in [3.05, 3.63) is 24.3 Å². The van der Waals surface area contributed by atoms with Crippen molar-refractivity contribution in [1.82, 2.24) is 9.21 Å². The number of benzene rings is 1. The highest BCUT2D eigenvalue weighted by atomic mass is 32.2. The molecule has 1 fully saturated rings. The maximum absolute atomic E-state index is 12.9. The summed E-state index contributed by atoms with van der Waals surface area (Å²) in [6.07, 6.45) is 1.15. The van der Waals surface area contributed by atoms with E-state index in [1.807, 2.05) is 0 Å². The average Bonchev–Trinajstić information content (AvgIpc) is 2.66. The fourth-order valence-corrected chi connectivity index (χ4v) is 4.74. The highest BCUT2D eigenvalue weighted by Gasteiger charge is 2.35. The zero-order valence-electron chi connectivity index (χ0n) is 17.7. The van der Waals surface area contributed by atoms with E-state index in [9.17, 15) is 18.0 Å². The Kier molecular flexibility index (Phi) is 7.29. The molecule has 29 heavy (non-hydrogen) atoms. The van der Waals surface area contributed by atoms with Gasteiger partial charge in [-0.1, -0.05) is 0 Å². The van der Waals surface area contributed by atoms with Gasteiger partial charge in [0.2, 0.25) is 15.9 Å². The maximum Gasteiger partial charge on any atom is 0.326 e. The Balaban J connectivity index is 2.05. The first kappa shape index (κ1) is 23.2. The van der Waals surface area contributed by atoms with Crippen molar-refractivity contribution < 1.29 is 27.5 Å². The number of nitrogens with zero attached hydrogens (tertiary/aromatic N) is 2. The molecule has 1 atom stereocenters. The Morgan fingerprint density at radius 3 is 2.38 bits per heavy atom. The van der Waals surface area contributed by atoms with Crippen LogP contribution in [0.1, 0.15) is 33.6 Å². The molecule has 1 saturated heterocycles. The summed E-state index contributed by atoms with van der Waals surface area (Å²) in [7, 11) is -0.668. The van der Waals surface area contributed by atoms with E-state index >= 15 is 0 Å². The van der Waals surface area contributed by atoms with Crippen LogP contribution in [0.4, 0.5) is 0 Å². The highest BCUT2D eigenvalue weighted by molar-refractivity contribution is 7.89. The number of hydrogen-bond donors (Lipinski definition) is 0. The number of sulfonamides is 1. The summed E-state index contributed by atoms with van der Waals surface area (Å²) in [5, 5.41) is 0. The molecule has 162 valence electrons. The van der Waals surface area contributed by atoms with Crippen molar-refractivity contribution >= 4 is 21.9 Å². The van der Waals surface area contributed by atoms with E-state index in [0.29, 0.717) is 25.1 Å². The lowest BCUT2D eigenvalue weighted by Gasteiger charge is -2.33. The Bertz CT molecular complexity index is 830. The fraction of sp³-hybridized carbons (Fsp3) is 0.600. The molecule has 8 nitrogen and oxygen atoms in total. The molecule has 0 spiro atoms. The van der Waals surface area contributed by atoms with Crippen molar-refractivity contribution in [2.75, 3.05) is 33.8 Å². The van der Waals surface area contributed by atoms with Crippen LogP contribution in [0.3, 0.4) is 0 Å². The maximum atomic E-state index is 12.9. The predicted molar refractivity (Wildman–Crippen MR) is 108 cm³/mol. The molecule has 1 heterocycles. The molecule has 1 amide bonds. The third-order valence-corrected chi connectivity index (χ3v) is 6.47. The summed E-state index contributed by atoms with van der Waals surface area (Å²) in [5.41, 5.74) is -0.630. The lowest BCUT2D eigenvalue weighted by atomic mass is 9.98. The second-order valence-electron chi connectivity index (χ2n) is 8.16. The predicted octanol–water partition coefficient (Wildman–Crippen LogP) is 1.90. The second-order valence-corrected chi connectivity index (χ2v) is 10.1. The number of amides is 1. The smallest absolute Gasteiger partial charge is 0.326 e. The van der Waals surface area contributed by atoms with Gasteiger partial charge in [-0.05, 0) is 57.9 Å². The summed E-state index contributed by atoms with van der Waals surface area (Å²) < 4.78 is 37.5. The van der Waals surface area contributed by atoms with E-state index in [4.69, 9.17) is 9.47 Å². The van der Waals surface area contributed by atoms with Crippen LogP contribution in [-0.4, -0.2) is 68.9 Å². The van der Waals surface area contributed by atoms with Crippen LogP contribution in [0.2, 0.25) is 0 Å². The minimum absolute atomic E-state index is 0.0891. The lowest BCUT2D eigenvalue weighted by molar-refractivity contribution is -0.159. The van der Waals surface area contributed by atoms with Gasteiger partial charge in [-0.25, -0.2) is 8.42 Å². The van der Waals surface area contributed by atoms with Gasteiger partial charge in [0.25, 0.3) is 0 Å². The molecule has 1 aromatic rings. The van der Waals surface area contributed by atoms with Gasteiger partial charge in [0, 0.05) is 20.1 Å². The Morgan fingerprint density at radius 2 is 1.83 bits per heavy atom. The normalized spacial score (nSPS) is 18.2. The van der Waals surface area contributed by atoms with E-state index in [-0.39, 0.29) is 23.9 Å². The van der Waals surface area contributed by atoms with E-state index in [1.54, 1.807) is 32.9 Å². The summed E-state index contributed by atoms with van der Waals surface area (Å²) >= 11 is 0. The largest absolute Gasteiger partial charge is 0.497 e. The average molecular weight is 427 g/mol. The fourth-order valence-electron chi connectivity index (χ4n) is 3.22. The van der Waals surface area contributed by atoms with Crippen molar-refractivity contribution in [2.24, 2.45) is 5.92 Å². The minimum atomic E-state index is -3.71. The Hall–Kier alpha value is -2.13. The first-order valence-electron chi connectivity index (χ1n) is 9.55. The SMILES string of the molecule is COc1ccc(S(=O)(=O)N2CCCC(C(=O)N(C)CC(=O)OC(C)(C)C)C2)cc1. The molecule has 0 aliphatic carbocycles. The molecule has 1 aromatic carbocycles. The van der Waals surface area contributed by atoms with Crippen LogP contribution < -0.4 is 4.74 Å². The van der Waals surface area contributed by atoms with Crippen LogP contribution in [0.25, 0.3) is 0 Å². The Labute approximate surface area is 172 Å². The molecule has 0 saturated carbocycles. The number of esters is 1. The number of hydrogen-bond acceptors (Lipinski definition) is 6. The van der Waals surface area contributed by atoms with Crippen LogP contribution in [0.5, 0.6) is 5.75 Å². The number of piperidine rings is 1. The van der Waals surface area contributed by atoms with Gasteiger partial charge in [0.15, 0.2) is 0 Å². The summed E-state index contributed by atoms with van der Waals surface area (Å²) in [4.78, 5) is 26.2. The summed E-state index contributed by atoms with van der Waals surface area (Å²) in [6.45, 7) is 5.55. The summed E-state index contributed by atoms with van der Waals surface area (Å²) in [5.74, 6) is -0.680. The second kappa shape index (κ2) is 9.13. The van der Waals surface area contributed by atoms with Gasteiger partial charge in [0.1, 0.15) is 17.9 Å². The van der Waals surface area contributed by atoms with Crippen molar-refractivity contribution in [3.8, 4) is 5.75 Å². The number of likely N-dealkylation sites (N-methyl/N-ethyl adjacent to an activating group) is 1. The van der Waals surface area contributed by atoms with Gasteiger partial charge < -0.3 is 14.4 Å². The standard InChI is InChI=1S/C20H30N2O6S/c1-20(2,3)28-18(23)14-21(4)19(24)15-7-6-12-22(13-15)29(25,26)17-10-8-16(27-5)9-11-17/h8-11,15H,6-7,12-14H2,1-5H3. The van der Waals surface area contributed by atoms with Crippen LogP contribution in [0, 0.1) is 5.92 Å². The monoisotopic (exact) mass is 426 g/mol. The van der Waals surface area contributed by atoms with E-state index < -0.39 is 27.5 Å². The topological polar surface area (TPSA) is 93.2 Å². The van der Waals surface area contributed by atoms with Crippen LogP contribution in [0.15, 0.2) is 29.2 Å². The zero-order chi connectivity index (χ0) is 21.8. The molecule has 1 aliphatic heterocycles. The number of carbonyl (C=O) groups is 2. The number of rotatable bonds is 6. The number of methoxy groups -OCH3 is 1. The summed E-state index contributed by atoms with van der Waals surface area (Å²) in [6, 6.07) is 6.17. The molecule has 0 bridgehead atoms. The Morgan fingerprint density at radius 1 is 1.21 bits per heavy atom. The van der Waals surface area contributed by atoms with Crippen LogP contribution in [-0.2, 0) is 24.3 Å². The molecule has 1 unspecified atom stereocenters. The molecule has 2 rings (SSSR count). The highest BCUT2D eigenvalue weighted by Crippen LogP contribution is 2.26. The molecule has 0 N–H and O–H groups in total. The lowest BCUT2D eigenvalue weighted by Crippen LogP contribution is -2.47. The van der Waals surface area contributed by atoms with E-state index in [2.05, 4.69) is 0 Å². The van der Waals surface area contributed by atoms with Crippen molar-refractivity contribution in [2.45, 2.75) is 44.1 Å². The van der Waals surface area contributed by atoms with Crippen molar-refractivity contribution in [1.29, 1.82) is 0 Å². The number of ether oxygens (including phenoxy) is 2. The van der Waals surface area contributed by atoms with Gasteiger partial charge >= 0.3 is 5.97 Å². The van der Waals surface area contributed by atoms with E-state index in [0.717, 1.165) is 0 Å².